The molecular weight excluding hydrogens is 192 g/mol. The first-order chi connectivity index (χ1) is 7.18. The van der Waals surface area contributed by atoms with Gasteiger partial charge >= 0.3 is 6.03 Å². The van der Waals surface area contributed by atoms with Crippen molar-refractivity contribution in [3.05, 3.63) is 35.9 Å². The number of primary amides is 1. The second-order valence-electron chi connectivity index (χ2n) is 3.92. The van der Waals surface area contributed by atoms with Crippen molar-refractivity contribution >= 4 is 6.03 Å². The van der Waals surface area contributed by atoms with Crippen LogP contribution in [0.1, 0.15) is 24.3 Å². The fraction of sp³-hybridized carbons (Fsp3) is 0.364. The predicted molar refractivity (Wildman–Crippen MR) is 55.4 cm³/mol. The fourth-order valence-electron chi connectivity index (χ4n) is 1.96. The summed E-state index contributed by atoms with van der Waals surface area (Å²) in [5.41, 5.74) is 6.22. The number of benzene rings is 1. The zero-order valence-electron chi connectivity index (χ0n) is 8.34. The van der Waals surface area contributed by atoms with Gasteiger partial charge in [0.2, 0.25) is 0 Å². The molecule has 2 amide bonds. The van der Waals surface area contributed by atoms with Crippen LogP contribution in [0.5, 0.6) is 0 Å². The van der Waals surface area contributed by atoms with Gasteiger partial charge in [0.05, 0.1) is 6.04 Å². The summed E-state index contributed by atoms with van der Waals surface area (Å²) in [6.45, 7) is 0. The summed E-state index contributed by atoms with van der Waals surface area (Å²) in [6, 6.07) is 9.20. The van der Waals surface area contributed by atoms with Crippen molar-refractivity contribution < 1.29 is 10.0 Å². The average molecular weight is 206 g/mol. The summed E-state index contributed by atoms with van der Waals surface area (Å²) < 4.78 is 0. The van der Waals surface area contributed by atoms with E-state index in [1.807, 2.05) is 18.2 Å². The summed E-state index contributed by atoms with van der Waals surface area (Å²) in [4.78, 5) is 10.7. The molecule has 80 valence electrons. The lowest BCUT2D eigenvalue weighted by Crippen LogP contribution is -2.47. The molecule has 0 saturated heterocycles. The number of nitrogens with two attached hydrogens (primary N) is 1. The average Bonchev–Trinajstić information content (AvgIpc) is 2.17. The summed E-state index contributed by atoms with van der Waals surface area (Å²) in [7, 11) is 0. The number of carbonyl (C=O) groups is 1. The number of rotatable bonds is 2. The molecule has 0 heterocycles. The highest BCUT2D eigenvalue weighted by Crippen LogP contribution is 2.38. The maximum atomic E-state index is 10.7. The van der Waals surface area contributed by atoms with Crippen molar-refractivity contribution in [3.8, 4) is 0 Å². The van der Waals surface area contributed by atoms with Gasteiger partial charge in [0, 0.05) is 0 Å². The van der Waals surface area contributed by atoms with Gasteiger partial charge in [-0.15, -0.1) is 0 Å². The van der Waals surface area contributed by atoms with E-state index >= 15 is 0 Å². The predicted octanol–water partition coefficient (Wildman–Crippen LogP) is 1.70. The summed E-state index contributed by atoms with van der Waals surface area (Å²) >= 11 is 0. The molecule has 0 unspecified atom stereocenters. The number of amides is 2. The lowest BCUT2D eigenvalue weighted by molar-refractivity contribution is -0.102. The lowest BCUT2D eigenvalue weighted by atomic mass is 9.76. The third-order valence-electron chi connectivity index (χ3n) is 2.96. The maximum absolute atomic E-state index is 10.7. The highest BCUT2D eigenvalue weighted by molar-refractivity contribution is 5.71. The Kier molecular flexibility index (Phi) is 2.60. The van der Waals surface area contributed by atoms with E-state index in [2.05, 4.69) is 12.1 Å². The molecule has 1 aliphatic carbocycles. The molecule has 0 bridgehead atoms. The minimum Gasteiger partial charge on any atom is -0.350 e. The normalized spacial score (nSPS) is 24.3. The Balaban J connectivity index is 1.91. The number of hydrogen-bond acceptors (Lipinski definition) is 2. The van der Waals surface area contributed by atoms with E-state index in [-0.39, 0.29) is 6.04 Å². The Hall–Kier alpha value is -1.55. The van der Waals surface area contributed by atoms with Gasteiger partial charge < -0.3 is 5.73 Å². The van der Waals surface area contributed by atoms with E-state index in [1.165, 1.54) is 5.56 Å². The molecule has 15 heavy (non-hydrogen) atoms. The van der Waals surface area contributed by atoms with Gasteiger partial charge in [-0.3, -0.25) is 5.21 Å². The van der Waals surface area contributed by atoms with Crippen LogP contribution in [0.4, 0.5) is 4.79 Å². The molecule has 0 aliphatic heterocycles. The van der Waals surface area contributed by atoms with Crippen molar-refractivity contribution in [3.63, 3.8) is 0 Å². The fourth-order valence-corrected chi connectivity index (χ4v) is 1.96. The molecular formula is C11H14N2O2. The molecule has 1 saturated carbocycles. The molecule has 1 aliphatic rings. The van der Waals surface area contributed by atoms with Crippen LogP contribution in [0.15, 0.2) is 30.3 Å². The Labute approximate surface area is 88.3 Å². The van der Waals surface area contributed by atoms with E-state index in [0.717, 1.165) is 12.8 Å². The zero-order chi connectivity index (χ0) is 10.8. The standard InChI is InChI=1S/C11H14N2O2/c12-11(14)13(15)10-6-9(7-10)8-4-2-1-3-5-8/h1-5,9-10,15H,6-7H2,(H2,12,14)/t9-,10-. The van der Waals surface area contributed by atoms with Crippen molar-refractivity contribution in [1.29, 1.82) is 0 Å². The first-order valence-corrected chi connectivity index (χ1v) is 5.01. The van der Waals surface area contributed by atoms with Crippen molar-refractivity contribution in [2.24, 2.45) is 5.73 Å². The monoisotopic (exact) mass is 206 g/mol. The Morgan fingerprint density at radius 2 is 1.93 bits per heavy atom. The third-order valence-corrected chi connectivity index (χ3v) is 2.96. The molecule has 1 fully saturated rings. The van der Waals surface area contributed by atoms with Gasteiger partial charge in [-0.25, -0.2) is 9.86 Å². The number of urea groups is 1. The molecule has 1 aromatic rings. The van der Waals surface area contributed by atoms with E-state index in [4.69, 9.17) is 5.73 Å². The van der Waals surface area contributed by atoms with Crippen molar-refractivity contribution in [2.75, 3.05) is 0 Å². The molecule has 4 heteroatoms. The number of hydroxylamine groups is 2. The molecule has 0 spiro atoms. The quantitative estimate of drug-likeness (QED) is 0.571. The van der Waals surface area contributed by atoms with Crippen molar-refractivity contribution in [1.82, 2.24) is 5.06 Å². The van der Waals surface area contributed by atoms with Crippen LogP contribution in [0.3, 0.4) is 0 Å². The Morgan fingerprint density at radius 1 is 1.33 bits per heavy atom. The van der Waals surface area contributed by atoms with E-state index in [9.17, 15) is 10.0 Å². The van der Waals surface area contributed by atoms with E-state index < -0.39 is 6.03 Å². The Bertz CT molecular complexity index is 347. The molecule has 0 aromatic heterocycles. The van der Waals surface area contributed by atoms with Gasteiger partial charge in [-0.05, 0) is 24.3 Å². The summed E-state index contributed by atoms with van der Waals surface area (Å²) in [6.07, 6.45) is 1.56. The van der Waals surface area contributed by atoms with Crippen LogP contribution in [-0.2, 0) is 0 Å². The molecule has 2 rings (SSSR count). The first kappa shape index (κ1) is 9.98. The van der Waals surface area contributed by atoms with Gasteiger partial charge in [-0.2, -0.15) is 0 Å². The van der Waals surface area contributed by atoms with Crippen molar-refractivity contribution in [2.45, 2.75) is 24.8 Å². The van der Waals surface area contributed by atoms with Gasteiger partial charge in [0.15, 0.2) is 0 Å². The maximum Gasteiger partial charge on any atom is 0.338 e. The topological polar surface area (TPSA) is 66.6 Å². The minimum absolute atomic E-state index is 0.118. The van der Waals surface area contributed by atoms with Gasteiger partial charge in [0.25, 0.3) is 0 Å². The third kappa shape index (κ3) is 1.94. The highest BCUT2D eigenvalue weighted by Gasteiger charge is 2.35. The first-order valence-electron chi connectivity index (χ1n) is 5.01. The largest absolute Gasteiger partial charge is 0.350 e. The Morgan fingerprint density at radius 3 is 2.47 bits per heavy atom. The van der Waals surface area contributed by atoms with Crippen LogP contribution < -0.4 is 5.73 Å². The molecule has 4 nitrogen and oxygen atoms in total. The second-order valence-corrected chi connectivity index (χ2v) is 3.92. The second kappa shape index (κ2) is 3.90. The molecule has 3 N–H and O–H groups in total. The van der Waals surface area contributed by atoms with Gasteiger partial charge in [0.1, 0.15) is 0 Å². The van der Waals surface area contributed by atoms with E-state index in [0.29, 0.717) is 11.0 Å². The zero-order valence-corrected chi connectivity index (χ0v) is 8.34. The number of hydrogen-bond donors (Lipinski definition) is 2. The smallest absolute Gasteiger partial charge is 0.338 e. The summed E-state index contributed by atoms with van der Waals surface area (Å²) in [5.74, 6) is 0.435. The molecule has 0 radical (unpaired) electrons. The molecule has 1 aromatic carbocycles. The lowest BCUT2D eigenvalue weighted by Gasteiger charge is -2.39. The molecule has 0 atom stereocenters. The van der Waals surface area contributed by atoms with Crippen LogP contribution in [0.2, 0.25) is 0 Å². The summed E-state index contributed by atoms with van der Waals surface area (Å²) in [5, 5.41) is 9.91. The minimum atomic E-state index is -0.772. The highest BCUT2D eigenvalue weighted by atomic mass is 16.5. The van der Waals surface area contributed by atoms with Crippen LogP contribution in [0, 0.1) is 0 Å². The number of carbonyl (C=O) groups excluding carboxylic acids is 1. The van der Waals surface area contributed by atoms with Crippen LogP contribution >= 0.6 is 0 Å². The van der Waals surface area contributed by atoms with E-state index in [1.54, 1.807) is 0 Å². The van der Waals surface area contributed by atoms with Crippen LogP contribution in [-0.4, -0.2) is 22.3 Å². The van der Waals surface area contributed by atoms with Crippen LogP contribution in [0.25, 0.3) is 0 Å². The van der Waals surface area contributed by atoms with Gasteiger partial charge in [-0.1, -0.05) is 30.3 Å². The number of nitrogens with zero attached hydrogens (tertiary/aromatic N) is 1. The SMILES string of the molecule is NC(=O)N(O)[C@H]1C[C@H](c2ccccc2)C1.